The number of benzene rings is 7. The standard InChI is InChI=1S/C42H29NO/c1-4-11-30(12-5-1)33-19-24-36(25-20-33)43(37-26-21-34(22-27-37)31-13-6-2-7-14-31)40-18-10-17-38-39-29-35(32-15-8-3-9-16-32)23-28-41(39)44-42(38)40/h1-29H/i10D,17D,18D,23D,28D,29D. The maximum atomic E-state index is 9.28. The second-order valence-corrected chi connectivity index (χ2v) is 10.5. The minimum absolute atomic E-state index is 0.0202. The predicted octanol–water partition coefficient (Wildman–Crippen LogP) is 12.1. The molecule has 0 fully saturated rings. The zero-order valence-corrected chi connectivity index (χ0v) is 23.6. The zero-order chi connectivity index (χ0) is 34.5. The Kier molecular flexibility index (Phi) is 5.07. The molecular formula is C42H29NO. The number of anilines is 3. The SMILES string of the molecule is [2H]c1c(-c2ccccc2)c([2H])c2c(oc3c(N(c4ccc(-c5ccccc5)cc4)c4ccc(-c5ccccc5)cc4)c([2H])c([2H])c([2H])c32)c1[2H]. The number of furan rings is 1. The number of hydrogen-bond donors (Lipinski definition) is 0. The molecule has 0 N–H and O–H groups in total. The molecule has 0 saturated heterocycles. The lowest BCUT2D eigenvalue weighted by Crippen LogP contribution is -2.10. The summed E-state index contributed by atoms with van der Waals surface area (Å²) in [5.41, 5.74) is 6.64. The van der Waals surface area contributed by atoms with Gasteiger partial charge in [-0.25, -0.2) is 0 Å². The molecule has 0 bridgehead atoms. The second kappa shape index (κ2) is 11.1. The molecule has 1 heterocycles. The Hall–Kier alpha value is -5.86. The van der Waals surface area contributed by atoms with Gasteiger partial charge >= 0.3 is 0 Å². The van der Waals surface area contributed by atoms with Crippen LogP contribution < -0.4 is 4.90 Å². The molecule has 8 aromatic rings. The van der Waals surface area contributed by atoms with Crippen LogP contribution in [-0.2, 0) is 0 Å². The Labute approximate surface area is 265 Å². The number of hydrogen-bond acceptors (Lipinski definition) is 2. The van der Waals surface area contributed by atoms with Gasteiger partial charge in [0.05, 0.1) is 13.9 Å². The summed E-state index contributed by atoms with van der Waals surface area (Å²) in [7, 11) is 0. The lowest BCUT2D eigenvalue weighted by Gasteiger charge is -2.26. The monoisotopic (exact) mass is 569 g/mol. The van der Waals surface area contributed by atoms with Crippen LogP contribution in [0.2, 0.25) is 0 Å². The summed E-state index contributed by atoms with van der Waals surface area (Å²) in [4.78, 5) is 1.83. The van der Waals surface area contributed by atoms with Gasteiger partial charge in [-0.2, -0.15) is 0 Å². The van der Waals surface area contributed by atoms with E-state index in [2.05, 4.69) is 0 Å². The highest BCUT2D eigenvalue weighted by Gasteiger charge is 2.20. The summed E-state index contributed by atoms with van der Waals surface area (Å²) in [5, 5.41) is 0.344. The highest BCUT2D eigenvalue weighted by Crippen LogP contribution is 2.43. The molecule has 0 aliphatic carbocycles. The number of fused-ring (bicyclic) bond motifs is 3. The summed E-state index contributed by atoms with van der Waals surface area (Å²) in [6.07, 6.45) is 0. The van der Waals surface area contributed by atoms with E-state index in [4.69, 9.17) is 9.90 Å². The van der Waals surface area contributed by atoms with Crippen LogP contribution in [-0.4, -0.2) is 0 Å². The van der Waals surface area contributed by atoms with Crippen molar-refractivity contribution in [1.82, 2.24) is 0 Å². The van der Waals surface area contributed by atoms with Crippen molar-refractivity contribution < 1.29 is 12.6 Å². The fraction of sp³-hybridized carbons (Fsp3) is 0. The van der Waals surface area contributed by atoms with Gasteiger partial charge in [-0.3, -0.25) is 0 Å². The first kappa shape index (κ1) is 20.1. The Morgan fingerprint density at radius 1 is 0.432 bits per heavy atom. The van der Waals surface area contributed by atoms with Crippen LogP contribution in [0, 0.1) is 0 Å². The minimum atomic E-state index is -0.329. The van der Waals surface area contributed by atoms with E-state index in [0.29, 0.717) is 16.9 Å². The molecule has 44 heavy (non-hydrogen) atoms. The lowest BCUT2D eigenvalue weighted by molar-refractivity contribution is 0.669. The van der Waals surface area contributed by atoms with E-state index < -0.39 is 0 Å². The third-order valence-corrected chi connectivity index (χ3v) is 7.79. The van der Waals surface area contributed by atoms with Gasteiger partial charge in [0.1, 0.15) is 5.58 Å². The molecule has 1 aromatic heterocycles. The fourth-order valence-electron chi connectivity index (χ4n) is 5.59. The molecule has 208 valence electrons. The third kappa shape index (κ3) is 4.73. The summed E-state index contributed by atoms with van der Waals surface area (Å²) in [5.74, 6) is 0. The van der Waals surface area contributed by atoms with Crippen molar-refractivity contribution >= 4 is 39.0 Å². The van der Waals surface area contributed by atoms with Crippen molar-refractivity contribution in [3.63, 3.8) is 0 Å². The van der Waals surface area contributed by atoms with E-state index in [1.165, 1.54) is 0 Å². The van der Waals surface area contributed by atoms with E-state index in [9.17, 15) is 2.74 Å². The number of rotatable bonds is 6. The first-order valence-corrected chi connectivity index (χ1v) is 14.5. The molecule has 0 atom stereocenters. The zero-order valence-electron chi connectivity index (χ0n) is 29.6. The molecule has 7 aromatic carbocycles. The van der Waals surface area contributed by atoms with E-state index in [0.717, 1.165) is 22.3 Å². The molecule has 0 spiro atoms. The first-order valence-electron chi connectivity index (χ1n) is 17.5. The Morgan fingerprint density at radius 3 is 1.43 bits per heavy atom. The van der Waals surface area contributed by atoms with Gasteiger partial charge in [0.25, 0.3) is 0 Å². The molecule has 2 nitrogen and oxygen atoms in total. The number of nitrogens with zero attached hydrogens (tertiary/aromatic N) is 1. The van der Waals surface area contributed by atoms with Crippen molar-refractivity contribution in [3.05, 3.63) is 176 Å². The van der Waals surface area contributed by atoms with Crippen molar-refractivity contribution in [2.24, 2.45) is 0 Å². The summed E-state index contributed by atoms with van der Waals surface area (Å²) < 4.78 is 60.8. The van der Waals surface area contributed by atoms with Crippen LogP contribution in [0.3, 0.4) is 0 Å². The minimum Gasteiger partial charge on any atom is -0.454 e. The average molecular weight is 570 g/mol. The Bertz CT molecular complexity index is 2430. The first-order chi connectivity index (χ1) is 24.3. The summed E-state index contributed by atoms with van der Waals surface area (Å²) in [6, 6.07) is 43.6. The highest BCUT2D eigenvalue weighted by molar-refractivity contribution is 6.11. The highest BCUT2D eigenvalue weighted by atomic mass is 16.3. The van der Waals surface area contributed by atoms with Crippen LogP contribution in [0.5, 0.6) is 0 Å². The molecule has 0 aliphatic heterocycles. The normalized spacial score (nSPS) is 13.1. The average Bonchev–Trinajstić information content (AvgIpc) is 3.57. The van der Waals surface area contributed by atoms with Gasteiger partial charge < -0.3 is 9.32 Å². The molecule has 2 heteroatoms. The van der Waals surface area contributed by atoms with Crippen molar-refractivity contribution in [2.75, 3.05) is 4.90 Å². The van der Waals surface area contributed by atoms with Gasteiger partial charge in [0, 0.05) is 22.1 Å². The molecular weight excluding hydrogens is 534 g/mol. The fourth-order valence-corrected chi connectivity index (χ4v) is 5.59. The predicted molar refractivity (Wildman–Crippen MR) is 185 cm³/mol. The van der Waals surface area contributed by atoms with Crippen LogP contribution in [0.4, 0.5) is 17.1 Å². The Balaban J connectivity index is 1.41. The molecule has 0 saturated carbocycles. The van der Waals surface area contributed by atoms with E-state index >= 15 is 0 Å². The molecule has 8 rings (SSSR count). The maximum absolute atomic E-state index is 9.28. The quantitative estimate of drug-likeness (QED) is 0.198. The van der Waals surface area contributed by atoms with E-state index in [-0.39, 0.29) is 69.4 Å². The van der Waals surface area contributed by atoms with Gasteiger partial charge in [0.15, 0.2) is 5.58 Å². The molecule has 0 aliphatic rings. The second-order valence-electron chi connectivity index (χ2n) is 10.5. The maximum Gasteiger partial charge on any atom is 0.159 e. The Morgan fingerprint density at radius 2 is 0.909 bits per heavy atom. The van der Waals surface area contributed by atoms with E-state index in [1.54, 1.807) is 12.1 Å². The largest absolute Gasteiger partial charge is 0.454 e. The molecule has 0 radical (unpaired) electrons. The third-order valence-electron chi connectivity index (χ3n) is 7.79. The smallest absolute Gasteiger partial charge is 0.159 e. The van der Waals surface area contributed by atoms with Crippen LogP contribution >= 0.6 is 0 Å². The molecule has 0 amide bonds. The summed E-state index contributed by atoms with van der Waals surface area (Å²) in [6.45, 7) is 0. The van der Waals surface area contributed by atoms with Crippen molar-refractivity contribution in [1.29, 1.82) is 0 Å². The topological polar surface area (TPSA) is 16.4 Å². The van der Waals surface area contributed by atoms with Crippen molar-refractivity contribution in [2.45, 2.75) is 0 Å². The van der Waals surface area contributed by atoms with Gasteiger partial charge in [-0.15, -0.1) is 0 Å². The number of para-hydroxylation sites is 1. The van der Waals surface area contributed by atoms with Crippen LogP contribution in [0.1, 0.15) is 8.22 Å². The lowest BCUT2D eigenvalue weighted by atomic mass is 10.0. The van der Waals surface area contributed by atoms with Gasteiger partial charge in [0.2, 0.25) is 0 Å². The van der Waals surface area contributed by atoms with Gasteiger partial charge in [-0.05, 0) is 75.8 Å². The van der Waals surface area contributed by atoms with Gasteiger partial charge in [-0.1, -0.05) is 133 Å². The molecule has 0 unspecified atom stereocenters. The van der Waals surface area contributed by atoms with Crippen molar-refractivity contribution in [3.8, 4) is 33.4 Å². The van der Waals surface area contributed by atoms with Crippen LogP contribution in [0.15, 0.2) is 180 Å². The van der Waals surface area contributed by atoms with E-state index in [1.807, 2.05) is 132 Å². The van der Waals surface area contributed by atoms with Crippen LogP contribution in [0.25, 0.3) is 55.3 Å². The summed E-state index contributed by atoms with van der Waals surface area (Å²) >= 11 is 0.